The van der Waals surface area contributed by atoms with E-state index < -0.39 is 0 Å². The van der Waals surface area contributed by atoms with Gasteiger partial charge in [0.25, 0.3) is 0 Å². The lowest BCUT2D eigenvalue weighted by atomic mass is 10.1. The molecule has 1 aromatic carbocycles. The minimum atomic E-state index is -0.135. The predicted octanol–water partition coefficient (Wildman–Crippen LogP) is 4.15. The third kappa shape index (κ3) is 3.96. The van der Waals surface area contributed by atoms with Gasteiger partial charge in [0.1, 0.15) is 5.65 Å². The fourth-order valence-electron chi connectivity index (χ4n) is 2.19. The van der Waals surface area contributed by atoms with Gasteiger partial charge in [0, 0.05) is 22.4 Å². The van der Waals surface area contributed by atoms with Gasteiger partial charge in [-0.3, -0.25) is 4.79 Å². The number of hydrogen-bond donors (Lipinski definition) is 1. The molecule has 7 heteroatoms. The number of pyridine rings is 1. The lowest BCUT2D eigenvalue weighted by molar-refractivity contribution is -0.120. The summed E-state index contributed by atoms with van der Waals surface area (Å²) in [6.45, 7) is 0.337. The van der Waals surface area contributed by atoms with Crippen LogP contribution in [0.3, 0.4) is 0 Å². The highest BCUT2D eigenvalue weighted by atomic mass is 35.5. The molecule has 3 aromatic rings. The molecule has 0 unspecified atom stereocenters. The van der Waals surface area contributed by atoms with Gasteiger partial charge in [-0.2, -0.15) is 0 Å². The Labute approximate surface area is 148 Å². The molecular weight excluding hydrogens is 357 g/mol. The molecule has 118 valence electrons. The molecule has 0 saturated carbocycles. The number of nitrogens with one attached hydrogen (secondary N) is 1. The van der Waals surface area contributed by atoms with E-state index in [9.17, 15) is 4.79 Å². The van der Waals surface area contributed by atoms with E-state index in [1.54, 1.807) is 30.5 Å². The summed E-state index contributed by atoms with van der Waals surface area (Å²) in [5.41, 5.74) is 2.26. The fraction of sp³-hybridized carbons (Fsp3) is 0.125. The van der Waals surface area contributed by atoms with Crippen molar-refractivity contribution in [3.63, 3.8) is 0 Å². The SMILES string of the molecule is O=C(Cc1ccc(Cl)cc1Cl)NCc1cn2cc(Cl)ccc2n1. The first-order chi connectivity index (χ1) is 11.0. The van der Waals surface area contributed by atoms with Gasteiger partial charge in [-0.05, 0) is 29.8 Å². The van der Waals surface area contributed by atoms with Crippen LogP contribution in [0.4, 0.5) is 0 Å². The molecule has 23 heavy (non-hydrogen) atoms. The van der Waals surface area contributed by atoms with E-state index in [4.69, 9.17) is 34.8 Å². The summed E-state index contributed by atoms with van der Waals surface area (Å²) in [5.74, 6) is -0.135. The Morgan fingerprint density at radius 3 is 2.65 bits per heavy atom. The topological polar surface area (TPSA) is 46.4 Å². The van der Waals surface area contributed by atoms with Gasteiger partial charge in [-0.25, -0.2) is 4.98 Å². The first-order valence-corrected chi connectivity index (χ1v) is 7.98. The van der Waals surface area contributed by atoms with Gasteiger partial charge in [-0.15, -0.1) is 0 Å². The summed E-state index contributed by atoms with van der Waals surface area (Å²) < 4.78 is 1.82. The second kappa shape index (κ2) is 6.79. The van der Waals surface area contributed by atoms with E-state index in [1.165, 1.54) is 0 Å². The Bertz CT molecular complexity index is 876. The van der Waals surface area contributed by atoms with Crippen molar-refractivity contribution in [3.8, 4) is 0 Å². The van der Waals surface area contributed by atoms with Crippen molar-refractivity contribution in [2.24, 2.45) is 0 Å². The van der Waals surface area contributed by atoms with Gasteiger partial charge < -0.3 is 9.72 Å². The van der Waals surface area contributed by atoms with Crippen LogP contribution in [-0.2, 0) is 17.8 Å². The Morgan fingerprint density at radius 1 is 1.09 bits per heavy atom. The van der Waals surface area contributed by atoms with Crippen LogP contribution in [-0.4, -0.2) is 15.3 Å². The summed E-state index contributed by atoms with van der Waals surface area (Å²) in [5, 5.41) is 4.48. The zero-order valence-corrected chi connectivity index (χ0v) is 14.2. The number of aromatic nitrogens is 2. The highest BCUT2D eigenvalue weighted by Crippen LogP contribution is 2.21. The Balaban J connectivity index is 1.63. The maximum atomic E-state index is 12.0. The van der Waals surface area contributed by atoms with Gasteiger partial charge >= 0.3 is 0 Å². The van der Waals surface area contributed by atoms with E-state index in [-0.39, 0.29) is 12.3 Å². The average Bonchev–Trinajstić information content (AvgIpc) is 2.90. The maximum absolute atomic E-state index is 12.0. The standard InChI is InChI=1S/C16H12Cl3N3O/c17-11-2-1-10(14(19)6-11)5-16(23)20-7-13-9-22-8-12(18)3-4-15(22)21-13/h1-4,6,8-9H,5,7H2,(H,20,23). The Morgan fingerprint density at radius 2 is 1.87 bits per heavy atom. The summed E-state index contributed by atoms with van der Waals surface area (Å²) in [6, 6.07) is 8.67. The molecule has 0 spiro atoms. The number of amides is 1. The van der Waals surface area contributed by atoms with Crippen LogP contribution < -0.4 is 5.32 Å². The van der Waals surface area contributed by atoms with Gasteiger partial charge in [-0.1, -0.05) is 40.9 Å². The van der Waals surface area contributed by atoms with Crippen LogP contribution in [0.25, 0.3) is 5.65 Å². The molecule has 3 rings (SSSR count). The van der Waals surface area contributed by atoms with E-state index >= 15 is 0 Å². The van der Waals surface area contributed by atoms with Crippen molar-refractivity contribution in [1.82, 2.24) is 14.7 Å². The Hall–Kier alpha value is -1.75. The Kier molecular flexibility index (Phi) is 4.76. The molecule has 2 heterocycles. The molecule has 0 aliphatic rings. The number of rotatable bonds is 4. The monoisotopic (exact) mass is 367 g/mol. The van der Waals surface area contributed by atoms with Crippen molar-refractivity contribution in [2.45, 2.75) is 13.0 Å². The lowest BCUT2D eigenvalue weighted by Gasteiger charge is -2.05. The van der Waals surface area contributed by atoms with E-state index in [0.29, 0.717) is 21.6 Å². The van der Waals surface area contributed by atoms with Gasteiger partial charge in [0.2, 0.25) is 5.91 Å². The normalized spacial score (nSPS) is 10.9. The van der Waals surface area contributed by atoms with E-state index in [1.807, 2.05) is 16.7 Å². The minimum Gasteiger partial charge on any atom is -0.350 e. The van der Waals surface area contributed by atoms with Gasteiger partial charge in [0.15, 0.2) is 0 Å². The van der Waals surface area contributed by atoms with Gasteiger partial charge in [0.05, 0.1) is 23.7 Å². The zero-order valence-electron chi connectivity index (χ0n) is 11.9. The van der Waals surface area contributed by atoms with Crippen LogP contribution in [0.15, 0.2) is 42.7 Å². The molecule has 1 amide bonds. The molecule has 0 aliphatic heterocycles. The third-order valence-corrected chi connectivity index (χ3v) is 4.11. The zero-order chi connectivity index (χ0) is 16.4. The molecule has 0 aliphatic carbocycles. The highest BCUT2D eigenvalue weighted by Gasteiger charge is 2.09. The summed E-state index contributed by atoms with van der Waals surface area (Å²) in [7, 11) is 0. The second-order valence-corrected chi connectivity index (χ2v) is 6.31. The molecule has 0 saturated heterocycles. The molecule has 0 bridgehead atoms. The van der Waals surface area contributed by atoms with Crippen molar-refractivity contribution in [1.29, 1.82) is 0 Å². The summed E-state index contributed by atoms with van der Waals surface area (Å²) in [6.07, 6.45) is 3.79. The number of carbonyl (C=O) groups is 1. The largest absolute Gasteiger partial charge is 0.350 e. The molecule has 1 N–H and O–H groups in total. The molecular formula is C16H12Cl3N3O. The molecule has 0 radical (unpaired) electrons. The van der Waals surface area contributed by atoms with Crippen LogP contribution in [0.5, 0.6) is 0 Å². The average molecular weight is 369 g/mol. The second-order valence-electron chi connectivity index (χ2n) is 5.03. The maximum Gasteiger partial charge on any atom is 0.224 e. The molecule has 4 nitrogen and oxygen atoms in total. The fourth-order valence-corrected chi connectivity index (χ4v) is 2.84. The van der Waals surface area contributed by atoms with Crippen LogP contribution in [0, 0.1) is 0 Å². The number of imidazole rings is 1. The molecule has 2 aromatic heterocycles. The number of nitrogens with zero attached hydrogens (tertiary/aromatic N) is 2. The summed E-state index contributed by atoms with van der Waals surface area (Å²) in [4.78, 5) is 16.4. The number of carbonyl (C=O) groups excluding carboxylic acids is 1. The highest BCUT2D eigenvalue weighted by molar-refractivity contribution is 6.35. The van der Waals surface area contributed by atoms with Crippen molar-refractivity contribution >= 4 is 46.4 Å². The third-order valence-electron chi connectivity index (χ3n) is 3.30. The first kappa shape index (κ1) is 16.1. The first-order valence-electron chi connectivity index (χ1n) is 6.85. The van der Waals surface area contributed by atoms with Crippen molar-refractivity contribution in [2.75, 3.05) is 0 Å². The van der Waals surface area contributed by atoms with E-state index in [2.05, 4.69) is 10.3 Å². The lowest BCUT2D eigenvalue weighted by Crippen LogP contribution is -2.24. The van der Waals surface area contributed by atoms with Crippen molar-refractivity contribution in [3.05, 3.63) is 69.1 Å². The molecule has 0 fully saturated rings. The quantitative estimate of drug-likeness (QED) is 0.752. The number of benzene rings is 1. The van der Waals surface area contributed by atoms with Crippen LogP contribution in [0.2, 0.25) is 15.1 Å². The van der Waals surface area contributed by atoms with E-state index in [0.717, 1.165) is 16.9 Å². The number of halogens is 3. The molecule has 0 atom stereocenters. The summed E-state index contributed by atoms with van der Waals surface area (Å²) >= 11 is 17.8. The smallest absolute Gasteiger partial charge is 0.224 e. The van der Waals surface area contributed by atoms with Crippen LogP contribution in [0.1, 0.15) is 11.3 Å². The minimum absolute atomic E-state index is 0.135. The number of hydrogen-bond acceptors (Lipinski definition) is 2. The number of fused-ring (bicyclic) bond motifs is 1. The predicted molar refractivity (Wildman–Crippen MR) is 92.2 cm³/mol. The van der Waals surface area contributed by atoms with Crippen molar-refractivity contribution < 1.29 is 4.79 Å². The van der Waals surface area contributed by atoms with Crippen LogP contribution >= 0.6 is 34.8 Å².